The lowest BCUT2D eigenvalue weighted by atomic mass is 9.83. The minimum atomic E-state index is -4.67. The summed E-state index contributed by atoms with van der Waals surface area (Å²) in [7, 11) is 0. The number of rotatable bonds is 5. The number of ether oxygens (including phenoxy) is 2. The average Bonchev–Trinajstić information content (AvgIpc) is 3.68. The van der Waals surface area contributed by atoms with Crippen molar-refractivity contribution in [3.63, 3.8) is 0 Å². The van der Waals surface area contributed by atoms with Crippen molar-refractivity contribution in [1.82, 2.24) is 19.6 Å². The third kappa shape index (κ3) is 6.69. The van der Waals surface area contributed by atoms with Crippen LogP contribution in [0.2, 0.25) is 0 Å². The third-order valence-electron chi connectivity index (χ3n) is 7.93. The van der Waals surface area contributed by atoms with E-state index in [0.717, 1.165) is 10.4 Å². The van der Waals surface area contributed by atoms with Crippen molar-refractivity contribution in [2.45, 2.75) is 84.1 Å². The molecule has 2 aliphatic heterocycles. The molecule has 0 aliphatic carbocycles. The van der Waals surface area contributed by atoms with Crippen LogP contribution in [0.15, 0.2) is 48.7 Å². The van der Waals surface area contributed by atoms with Crippen molar-refractivity contribution in [2.75, 3.05) is 13.2 Å². The van der Waals surface area contributed by atoms with Crippen LogP contribution in [0.4, 0.5) is 18.0 Å². The van der Waals surface area contributed by atoms with Gasteiger partial charge in [0.25, 0.3) is 0 Å². The number of carbonyl (C=O) groups excluding carboxylic acids is 2. The number of hydrogen-bond acceptors (Lipinski definition) is 7. The molecule has 13 heteroatoms. The van der Waals surface area contributed by atoms with Gasteiger partial charge in [0.15, 0.2) is 5.69 Å². The van der Waals surface area contributed by atoms with E-state index in [1.54, 1.807) is 82.9 Å². The van der Waals surface area contributed by atoms with Gasteiger partial charge in [-0.1, -0.05) is 30.3 Å². The molecule has 2 aromatic heterocycles. The first-order valence-corrected chi connectivity index (χ1v) is 15.7. The van der Waals surface area contributed by atoms with E-state index in [9.17, 15) is 28.0 Å². The van der Waals surface area contributed by atoms with Gasteiger partial charge in [-0.3, -0.25) is 14.4 Å². The van der Waals surface area contributed by atoms with Gasteiger partial charge >= 0.3 is 12.3 Å². The fourth-order valence-corrected chi connectivity index (χ4v) is 6.92. The van der Waals surface area contributed by atoms with Crippen LogP contribution in [0.5, 0.6) is 0 Å². The number of aryl methyl sites for hydroxylation is 1. The molecule has 0 unspecified atom stereocenters. The summed E-state index contributed by atoms with van der Waals surface area (Å²) in [4.78, 5) is 31.1. The van der Waals surface area contributed by atoms with Crippen molar-refractivity contribution in [3.8, 4) is 17.2 Å². The Morgan fingerprint density at radius 1 is 1.20 bits per heavy atom. The van der Waals surface area contributed by atoms with Crippen LogP contribution in [0, 0.1) is 11.3 Å². The molecule has 4 heterocycles. The number of thiophene rings is 1. The van der Waals surface area contributed by atoms with Crippen LogP contribution in [0.25, 0.3) is 11.1 Å². The average molecular weight is 656 g/mol. The number of amides is 2. The van der Waals surface area contributed by atoms with E-state index in [0.29, 0.717) is 16.0 Å². The van der Waals surface area contributed by atoms with Crippen LogP contribution in [-0.4, -0.2) is 62.1 Å². The standard InChI is InChI=1S/C33H36F3N5O4S/c1-7-40-17-26(29(38-40)33(34,35)36)23-11-9-8-10-22(23)25-16-39(18-27-24(25)14-21(15-37)46-27)28(42)13-12-20-19-44-32(5,6)41(20)30(43)45-31(2,3)4/h8-14,17,20,25H,7,16,18-19H2,1-6H3/b13-12+/t20-,25+/m1/s1. The molecule has 2 atom stereocenters. The Morgan fingerprint density at radius 3 is 2.57 bits per heavy atom. The summed E-state index contributed by atoms with van der Waals surface area (Å²) in [6.07, 6.45) is -0.832. The SMILES string of the molecule is CCn1cc(-c2ccccc2[C@@H]2CN(C(=O)/C=C/[C@@H]3COC(C)(C)N3C(=O)OC(C)(C)C)Cc3sc(C#N)cc32)c(C(F)(F)F)n1. The fraction of sp³-hybridized carbons (Fsp3) is 0.455. The number of alkyl halides is 3. The number of carbonyl (C=O) groups is 2. The molecule has 1 saturated heterocycles. The summed E-state index contributed by atoms with van der Waals surface area (Å²) in [5.41, 5.74) is -0.949. The minimum absolute atomic E-state index is 0.0448. The number of aromatic nitrogens is 2. The van der Waals surface area contributed by atoms with Gasteiger partial charge in [-0.2, -0.15) is 23.5 Å². The second-order valence-electron chi connectivity index (χ2n) is 12.7. The molecule has 0 saturated carbocycles. The van der Waals surface area contributed by atoms with E-state index in [1.165, 1.54) is 33.2 Å². The topological polar surface area (TPSA) is 101 Å². The van der Waals surface area contributed by atoms with E-state index in [2.05, 4.69) is 11.2 Å². The molecule has 0 spiro atoms. The second kappa shape index (κ2) is 12.2. The third-order valence-corrected chi connectivity index (χ3v) is 8.97. The van der Waals surface area contributed by atoms with Crippen molar-refractivity contribution in [2.24, 2.45) is 0 Å². The molecule has 3 aromatic rings. The van der Waals surface area contributed by atoms with Crippen molar-refractivity contribution in [1.29, 1.82) is 5.26 Å². The first-order chi connectivity index (χ1) is 21.5. The Hall–Kier alpha value is -4.15. The Kier molecular flexibility index (Phi) is 8.83. The molecular formula is C33H36F3N5O4S. The highest BCUT2D eigenvalue weighted by molar-refractivity contribution is 7.12. The highest BCUT2D eigenvalue weighted by Crippen LogP contribution is 2.44. The van der Waals surface area contributed by atoms with Crippen LogP contribution in [0.3, 0.4) is 0 Å². The predicted octanol–water partition coefficient (Wildman–Crippen LogP) is 6.92. The molecule has 2 aliphatic rings. The number of halogens is 3. The summed E-state index contributed by atoms with van der Waals surface area (Å²) in [6.45, 7) is 11.3. The lowest BCUT2D eigenvalue weighted by molar-refractivity contribution is -0.141. The van der Waals surface area contributed by atoms with Crippen LogP contribution >= 0.6 is 11.3 Å². The monoisotopic (exact) mass is 655 g/mol. The van der Waals surface area contributed by atoms with E-state index in [-0.39, 0.29) is 37.7 Å². The maximum absolute atomic E-state index is 14.1. The molecule has 5 rings (SSSR count). The first kappa shape index (κ1) is 33.2. The summed E-state index contributed by atoms with van der Waals surface area (Å²) >= 11 is 1.26. The fourth-order valence-electron chi connectivity index (χ4n) is 5.88. The Balaban J connectivity index is 1.49. The van der Waals surface area contributed by atoms with Gasteiger partial charge in [0.1, 0.15) is 22.3 Å². The van der Waals surface area contributed by atoms with Gasteiger partial charge < -0.3 is 14.4 Å². The summed E-state index contributed by atoms with van der Waals surface area (Å²) in [6, 6.07) is 10.2. The van der Waals surface area contributed by atoms with Gasteiger partial charge in [-0.15, -0.1) is 11.3 Å². The number of nitriles is 1. The first-order valence-electron chi connectivity index (χ1n) is 14.9. The molecule has 0 N–H and O–H groups in total. The highest BCUT2D eigenvalue weighted by Gasteiger charge is 2.45. The molecule has 9 nitrogen and oxygen atoms in total. The molecular weight excluding hydrogens is 619 g/mol. The zero-order valence-electron chi connectivity index (χ0n) is 26.5. The quantitative estimate of drug-likeness (QED) is 0.277. The van der Waals surface area contributed by atoms with Gasteiger partial charge in [-0.25, -0.2) is 4.79 Å². The maximum Gasteiger partial charge on any atom is 0.435 e. The number of hydrogen-bond donors (Lipinski definition) is 0. The summed E-state index contributed by atoms with van der Waals surface area (Å²) < 4.78 is 55.1. The molecule has 244 valence electrons. The van der Waals surface area contributed by atoms with E-state index < -0.39 is 41.2 Å². The van der Waals surface area contributed by atoms with Gasteiger partial charge in [0, 0.05) is 41.7 Å². The lowest BCUT2D eigenvalue weighted by Crippen LogP contribution is -2.49. The minimum Gasteiger partial charge on any atom is -0.444 e. The van der Waals surface area contributed by atoms with Crippen LogP contribution < -0.4 is 0 Å². The number of fused-ring (bicyclic) bond motifs is 1. The predicted molar refractivity (Wildman–Crippen MR) is 166 cm³/mol. The number of nitrogens with zero attached hydrogens (tertiary/aromatic N) is 5. The molecule has 46 heavy (non-hydrogen) atoms. The van der Waals surface area contributed by atoms with Crippen molar-refractivity contribution >= 4 is 23.3 Å². The van der Waals surface area contributed by atoms with Crippen LogP contribution in [0.1, 0.15) is 74.0 Å². The van der Waals surface area contributed by atoms with E-state index in [4.69, 9.17) is 9.47 Å². The van der Waals surface area contributed by atoms with Crippen LogP contribution in [-0.2, 0) is 33.5 Å². The largest absolute Gasteiger partial charge is 0.444 e. The molecule has 1 aromatic carbocycles. The zero-order valence-corrected chi connectivity index (χ0v) is 27.3. The normalized spacial score (nSPS) is 19.7. The zero-order chi connectivity index (χ0) is 33.6. The van der Waals surface area contributed by atoms with E-state index >= 15 is 0 Å². The van der Waals surface area contributed by atoms with Crippen molar-refractivity contribution < 1.29 is 32.2 Å². The molecule has 2 amide bonds. The molecule has 0 bridgehead atoms. The Labute approximate surface area is 269 Å². The van der Waals surface area contributed by atoms with Gasteiger partial charge in [0.2, 0.25) is 5.91 Å². The van der Waals surface area contributed by atoms with E-state index in [1.807, 2.05) is 0 Å². The second-order valence-corrected chi connectivity index (χ2v) is 13.9. The number of benzene rings is 1. The maximum atomic E-state index is 14.1. The Bertz CT molecular complexity index is 1710. The smallest absolute Gasteiger partial charge is 0.435 e. The summed E-state index contributed by atoms with van der Waals surface area (Å²) in [5.74, 6) is -0.850. The summed E-state index contributed by atoms with van der Waals surface area (Å²) in [5, 5.41) is 13.5. The van der Waals surface area contributed by atoms with Crippen molar-refractivity contribution in [3.05, 3.63) is 75.3 Å². The highest BCUT2D eigenvalue weighted by atomic mass is 32.1. The van der Waals surface area contributed by atoms with Gasteiger partial charge in [-0.05, 0) is 64.3 Å². The van der Waals surface area contributed by atoms with Gasteiger partial charge in [0.05, 0.1) is 19.2 Å². The molecule has 0 radical (unpaired) electrons. The lowest BCUT2D eigenvalue weighted by Gasteiger charge is -2.35. The Morgan fingerprint density at radius 2 is 1.91 bits per heavy atom. The molecule has 1 fully saturated rings.